The Labute approximate surface area is 101 Å². The molecule has 0 aromatic carbocycles. The highest BCUT2D eigenvalue weighted by atomic mass is 16.2. The number of hydrogen-bond acceptors (Lipinski definition) is 4. The number of carbonyl (C=O) groups excluding carboxylic acids is 1. The third kappa shape index (κ3) is 2.81. The van der Waals surface area contributed by atoms with Gasteiger partial charge < -0.3 is 9.80 Å². The van der Waals surface area contributed by atoms with Gasteiger partial charge in [-0.3, -0.25) is 9.78 Å². The molecule has 2 heterocycles. The molecule has 0 bridgehead atoms. The van der Waals surface area contributed by atoms with Crippen molar-refractivity contribution in [2.75, 3.05) is 31.1 Å². The fraction of sp³-hybridized carbons (Fsp3) is 0.417. The maximum absolute atomic E-state index is 11.6. The minimum absolute atomic E-state index is 0.0892. The Kier molecular flexibility index (Phi) is 3.69. The van der Waals surface area contributed by atoms with Crippen LogP contribution in [0.4, 0.5) is 5.82 Å². The molecular weight excluding hydrogens is 216 g/mol. The van der Waals surface area contributed by atoms with Crippen LogP contribution in [-0.4, -0.2) is 47.0 Å². The predicted octanol–water partition coefficient (Wildman–Crippen LogP) is 0.701. The number of piperazine rings is 1. The molecule has 5 heteroatoms. The van der Waals surface area contributed by atoms with Gasteiger partial charge in [0.15, 0.2) is 0 Å². The average molecular weight is 232 g/mol. The van der Waals surface area contributed by atoms with Crippen LogP contribution in [0.5, 0.6) is 0 Å². The van der Waals surface area contributed by atoms with E-state index in [4.69, 9.17) is 0 Å². The third-order valence-electron chi connectivity index (χ3n) is 2.77. The number of allylic oxidation sites excluding steroid dienone is 1. The molecule has 0 atom stereocenters. The van der Waals surface area contributed by atoms with Crippen molar-refractivity contribution in [3.05, 3.63) is 30.7 Å². The van der Waals surface area contributed by atoms with Crippen LogP contribution >= 0.6 is 0 Å². The Hall–Kier alpha value is -1.91. The maximum atomic E-state index is 11.6. The Balaban J connectivity index is 1.92. The summed E-state index contributed by atoms with van der Waals surface area (Å²) in [7, 11) is 0. The summed E-state index contributed by atoms with van der Waals surface area (Å²) in [6.07, 6.45) is 8.49. The Morgan fingerprint density at radius 2 is 2.06 bits per heavy atom. The zero-order valence-corrected chi connectivity index (χ0v) is 9.91. The first-order valence-corrected chi connectivity index (χ1v) is 5.74. The lowest BCUT2D eigenvalue weighted by Crippen LogP contribution is -2.48. The molecule has 90 valence electrons. The lowest BCUT2D eigenvalue weighted by Gasteiger charge is -2.34. The number of nitrogens with zero attached hydrogens (tertiary/aromatic N) is 4. The van der Waals surface area contributed by atoms with Crippen molar-refractivity contribution < 1.29 is 4.79 Å². The number of carbonyl (C=O) groups is 1. The zero-order valence-electron chi connectivity index (χ0n) is 9.91. The lowest BCUT2D eigenvalue weighted by atomic mass is 10.3. The van der Waals surface area contributed by atoms with E-state index >= 15 is 0 Å². The second-order valence-electron chi connectivity index (χ2n) is 3.88. The van der Waals surface area contributed by atoms with Gasteiger partial charge in [0.25, 0.3) is 0 Å². The molecule has 0 radical (unpaired) electrons. The van der Waals surface area contributed by atoms with E-state index in [1.54, 1.807) is 30.7 Å². The summed E-state index contributed by atoms with van der Waals surface area (Å²) in [5.41, 5.74) is 0. The summed E-state index contributed by atoms with van der Waals surface area (Å²) in [6.45, 7) is 4.94. The summed E-state index contributed by atoms with van der Waals surface area (Å²) in [5, 5.41) is 0. The summed E-state index contributed by atoms with van der Waals surface area (Å²) in [4.78, 5) is 23.9. The standard InChI is InChI=1S/C12H16N4O/c1-2-3-12(17)16-8-6-15(7-9-16)11-10-13-4-5-14-11/h2-5,10H,6-9H2,1H3. The van der Waals surface area contributed by atoms with Crippen LogP contribution in [0.25, 0.3) is 0 Å². The quantitative estimate of drug-likeness (QED) is 0.704. The van der Waals surface area contributed by atoms with Gasteiger partial charge in [-0.1, -0.05) is 6.08 Å². The van der Waals surface area contributed by atoms with Crippen LogP contribution in [0.3, 0.4) is 0 Å². The first-order valence-electron chi connectivity index (χ1n) is 5.74. The predicted molar refractivity (Wildman–Crippen MR) is 65.6 cm³/mol. The molecule has 1 fully saturated rings. The molecule has 1 aliphatic rings. The molecule has 1 aromatic heterocycles. The smallest absolute Gasteiger partial charge is 0.246 e. The van der Waals surface area contributed by atoms with E-state index in [2.05, 4.69) is 14.9 Å². The van der Waals surface area contributed by atoms with Crippen LogP contribution in [0.15, 0.2) is 30.7 Å². The molecule has 0 unspecified atom stereocenters. The van der Waals surface area contributed by atoms with Crippen molar-refractivity contribution in [1.82, 2.24) is 14.9 Å². The first kappa shape index (κ1) is 11.6. The zero-order chi connectivity index (χ0) is 12.1. The number of rotatable bonds is 2. The van der Waals surface area contributed by atoms with E-state index in [0.29, 0.717) is 0 Å². The van der Waals surface area contributed by atoms with Crippen molar-refractivity contribution in [3.63, 3.8) is 0 Å². The fourth-order valence-electron chi connectivity index (χ4n) is 1.86. The van der Waals surface area contributed by atoms with Gasteiger partial charge >= 0.3 is 0 Å². The van der Waals surface area contributed by atoms with Crippen LogP contribution in [-0.2, 0) is 4.79 Å². The van der Waals surface area contributed by atoms with Crippen LogP contribution < -0.4 is 4.90 Å². The van der Waals surface area contributed by atoms with Gasteiger partial charge in [-0.05, 0) is 13.0 Å². The summed E-state index contributed by atoms with van der Waals surface area (Å²) in [6, 6.07) is 0. The van der Waals surface area contributed by atoms with Crippen molar-refractivity contribution in [3.8, 4) is 0 Å². The van der Waals surface area contributed by atoms with Gasteiger partial charge in [-0.2, -0.15) is 0 Å². The Morgan fingerprint density at radius 1 is 1.29 bits per heavy atom. The summed E-state index contributed by atoms with van der Waals surface area (Å²) in [5.74, 6) is 0.969. The van der Waals surface area contributed by atoms with Crippen molar-refractivity contribution in [2.45, 2.75) is 6.92 Å². The average Bonchev–Trinajstić information content (AvgIpc) is 2.40. The second-order valence-corrected chi connectivity index (χ2v) is 3.88. The Morgan fingerprint density at radius 3 is 2.65 bits per heavy atom. The molecule has 5 nitrogen and oxygen atoms in total. The normalized spacial score (nSPS) is 16.5. The second kappa shape index (κ2) is 5.43. The van der Waals surface area contributed by atoms with Crippen molar-refractivity contribution >= 4 is 11.7 Å². The summed E-state index contributed by atoms with van der Waals surface area (Å²) >= 11 is 0. The van der Waals surface area contributed by atoms with Gasteiger partial charge in [-0.15, -0.1) is 0 Å². The summed E-state index contributed by atoms with van der Waals surface area (Å²) < 4.78 is 0. The largest absolute Gasteiger partial charge is 0.352 e. The van der Waals surface area contributed by atoms with E-state index in [0.717, 1.165) is 32.0 Å². The highest BCUT2D eigenvalue weighted by Gasteiger charge is 2.20. The maximum Gasteiger partial charge on any atom is 0.246 e. The molecule has 1 saturated heterocycles. The Bertz CT molecular complexity index is 396. The fourth-order valence-corrected chi connectivity index (χ4v) is 1.86. The van der Waals surface area contributed by atoms with Gasteiger partial charge in [-0.25, -0.2) is 4.98 Å². The topological polar surface area (TPSA) is 49.3 Å². The minimum atomic E-state index is 0.0892. The number of aromatic nitrogens is 2. The molecule has 0 saturated carbocycles. The van der Waals surface area contributed by atoms with Crippen LogP contribution in [0, 0.1) is 0 Å². The van der Waals surface area contributed by atoms with Gasteiger partial charge in [0, 0.05) is 38.6 Å². The molecule has 1 aromatic rings. The van der Waals surface area contributed by atoms with Gasteiger partial charge in [0.2, 0.25) is 5.91 Å². The van der Waals surface area contributed by atoms with E-state index in [9.17, 15) is 4.79 Å². The van der Waals surface area contributed by atoms with Crippen molar-refractivity contribution in [1.29, 1.82) is 0 Å². The minimum Gasteiger partial charge on any atom is -0.352 e. The van der Waals surface area contributed by atoms with Gasteiger partial charge in [0.1, 0.15) is 5.82 Å². The molecule has 0 aliphatic carbocycles. The SMILES string of the molecule is CC=CC(=O)N1CCN(c2cnccn2)CC1. The highest BCUT2D eigenvalue weighted by molar-refractivity contribution is 5.87. The number of amides is 1. The molecular formula is C12H16N4O. The van der Waals surface area contributed by atoms with Crippen molar-refractivity contribution in [2.24, 2.45) is 0 Å². The van der Waals surface area contributed by atoms with E-state index in [1.807, 2.05) is 11.8 Å². The van der Waals surface area contributed by atoms with Crippen LogP contribution in [0.2, 0.25) is 0 Å². The highest BCUT2D eigenvalue weighted by Crippen LogP contribution is 2.11. The van der Waals surface area contributed by atoms with E-state index < -0.39 is 0 Å². The van der Waals surface area contributed by atoms with Gasteiger partial charge in [0.05, 0.1) is 6.20 Å². The monoisotopic (exact) mass is 232 g/mol. The third-order valence-corrected chi connectivity index (χ3v) is 2.77. The lowest BCUT2D eigenvalue weighted by molar-refractivity contribution is -0.126. The molecule has 0 spiro atoms. The molecule has 2 rings (SSSR count). The number of hydrogen-bond donors (Lipinski definition) is 0. The van der Waals surface area contributed by atoms with Crippen LogP contribution in [0.1, 0.15) is 6.92 Å². The van der Waals surface area contributed by atoms with E-state index in [-0.39, 0.29) is 5.91 Å². The molecule has 1 aliphatic heterocycles. The first-order chi connectivity index (χ1) is 8.31. The molecule has 1 amide bonds. The molecule has 0 N–H and O–H groups in total. The van der Waals surface area contributed by atoms with E-state index in [1.165, 1.54) is 0 Å². The number of anilines is 1. The molecule has 17 heavy (non-hydrogen) atoms.